The van der Waals surface area contributed by atoms with Crippen LogP contribution in [0.15, 0.2) is 107 Å². The van der Waals surface area contributed by atoms with Crippen LogP contribution in [-0.4, -0.2) is 10.7 Å². The van der Waals surface area contributed by atoms with E-state index in [9.17, 15) is 10.1 Å². The van der Waals surface area contributed by atoms with Crippen molar-refractivity contribution in [3.63, 3.8) is 0 Å². The molecule has 5 heteroatoms. The van der Waals surface area contributed by atoms with Crippen LogP contribution in [0.4, 0.5) is 0 Å². The number of benzene rings is 3. The van der Waals surface area contributed by atoms with Crippen molar-refractivity contribution in [1.29, 1.82) is 5.26 Å². The zero-order valence-electron chi connectivity index (χ0n) is 19.5. The summed E-state index contributed by atoms with van der Waals surface area (Å²) in [6.45, 7) is 0.568. The second-order valence-electron chi connectivity index (χ2n) is 8.70. The van der Waals surface area contributed by atoms with Gasteiger partial charge in [-0.15, -0.1) is 0 Å². The van der Waals surface area contributed by atoms with Gasteiger partial charge in [-0.05, 0) is 57.4 Å². The van der Waals surface area contributed by atoms with Crippen molar-refractivity contribution in [3.05, 3.63) is 130 Å². The molecule has 0 spiro atoms. The van der Waals surface area contributed by atoms with Gasteiger partial charge in [0.2, 0.25) is 0 Å². The SMILES string of the molecule is Cn1ccc(CNC(C2=CPCC=C2)c2ccc(C#N)c(-c3cccc4ccccc34)c2)cc1=O. The van der Waals surface area contributed by atoms with Crippen LogP contribution in [0.2, 0.25) is 0 Å². The van der Waals surface area contributed by atoms with E-state index >= 15 is 0 Å². The van der Waals surface area contributed by atoms with Gasteiger partial charge in [0.1, 0.15) is 0 Å². The Kier molecular flexibility index (Phi) is 6.73. The molecule has 4 aromatic rings. The molecule has 0 saturated carbocycles. The summed E-state index contributed by atoms with van der Waals surface area (Å²) in [4.78, 5) is 12.1. The van der Waals surface area contributed by atoms with E-state index < -0.39 is 0 Å². The number of nitriles is 1. The molecule has 1 N–H and O–H groups in total. The Morgan fingerprint density at radius 1 is 1.06 bits per heavy atom. The fourth-order valence-electron chi connectivity index (χ4n) is 4.54. The molecule has 0 amide bonds. The van der Waals surface area contributed by atoms with Crippen molar-refractivity contribution in [2.24, 2.45) is 7.05 Å². The summed E-state index contributed by atoms with van der Waals surface area (Å²) in [5.74, 6) is 2.30. The average molecular weight is 476 g/mol. The Balaban J connectivity index is 1.58. The van der Waals surface area contributed by atoms with Gasteiger partial charge >= 0.3 is 0 Å². The first-order chi connectivity index (χ1) is 17.1. The quantitative estimate of drug-likeness (QED) is 0.346. The smallest absolute Gasteiger partial charge is 0.250 e. The van der Waals surface area contributed by atoms with Crippen molar-refractivity contribution in [2.75, 3.05) is 6.16 Å². The molecule has 172 valence electrons. The van der Waals surface area contributed by atoms with Gasteiger partial charge in [-0.1, -0.05) is 75.1 Å². The molecule has 0 saturated heterocycles. The van der Waals surface area contributed by atoms with Crippen LogP contribution < -0.4 is 10.9 Å². The number of aromatic nitrogens is 1. The van der Waals surface area contributed by atoms with Gasteiger partial charge in [0, 0.05) is 31.4 Å². The third-order valence-electron chi connectivity index (χ3n) is 6.40. The molecular weight excluding hydrogens is 449 g/mol. The molecule has 4 nitrogen and oxygen atoms in total. The van der Waals surface area contributed by atoms with Crippen LogP contribution >= 0.6 is 8.58 Å². The summed E-state index contributed by atoms with van der Waals surface area (Å²) in [6, 6.07) is 26.6. The average Bonchev–Trinajstić information content (AvgIpc) is 2.91. The van der Waals surface area contributed by atoms with Crippen LogP contribution in [0.1, 0.15) is 22.7 Å². The summed E-state index contributed by atoms with van der Waals surface area (Å²) < 4.78 is 1.57. The molecule has 35 heavy (non-hydrogen) atoms. The maximum atomic E-state index is 12.1. The minimum Gasteiger partial charge on any atom is -0.319 e. The van der Waals surface area contributed by atoms with Crippen molar-refractivity contribution in [3.8, 4) is 17.2 Å². The molecule has 3 aromatic carbocycles. The zero-order chi connectivity index (χ0) is 24.2. The minimum absolute atomic E-state index is 0.0178. The van der Waals surface area contributed by atoms with Gasteiger partial charge < -0.3 is 9.88 Å². The molecule has 1 aliphatic heterocycles. The molecule has 1 aromatic heterocycles. The van der Waals surface area contributed by atoms with Crippen molar-refractivity contribution in [1.82, 2.24) is 9.88 Å². The lowest BCUT2D eigenvalue weighted by Crippen LogP contribution is -2.24. The van der Waals surface area contributed by atoms with E-state index in [2.05, 4.69) is 59.7 Å². The molecule has 2 atom stereocenters. The zero-order valence-corrected chi connectivity index (χ0v) is 20.5. The Morgan fingerprint density at radius 2 is 1.91 bits per heavy atom. The molecule has 2 heterocycles. The molecule has 0 fully saturated rings. The van der Waals surface area contributed by atoms with E-state index in [1.54, 1.807) is 23.9 Å². The first kappa shape index (κ1) is 23.0. The lowest BCUT2D eigenvalue weighted by Gasteiger charge is -2.24. The van der Waals surface area contributed by atoms with E-state index in [0.717, 1.165) is 47.8 Å². The number of pyridine rings is 1. The predicted molar refractivity (Wildman–Crippen MR) is 146 cm³/mol. The second kappa shape index (κ2) is 10.2. The van der Waals surface area contributed by atoms with E-state index in [-0.39, 0.29) is 11.6 Å². The highest BCUT2D eigenvalue weighted by Gasteiger charge is 2.19. The highest BCUT2D eigenvalue weighted by Crippen LogP contribution is 2.36. The molecule has 5 rings (SSSR count). The van der Waals surface area contributed by atoms with Gasteiger partial charge in [0.15, 0.2) is 0 Å². The first-order valence-electron chi connectivity index (χ1n) is 11.6. The molecule has 0 aliphatic carbocycles. The van der Waals surface area contributed by atoms with Crippen LogP contribution in [0, 0.1) is 11.3 Å². The van der Waals surface area contributed by atoms with Crippen LogP contribution in [0.3, 0.4) is 0 Å². The second-order valence-corrected chi connectivity index (χ2v) is 9.80. The summed E-state index contributed by atoms with van der Waals surface area (Å²) in [5.41, 5.74) is 5.89. The predicted octanol–water partition coefficient (Wildman–Crippen LogP) is 6.04. The molecule has 0 bridgehead atoms. The maximum Gasteiger partial charge on any atom is 0.250 e. The summed E-state index contributed by atoms with van der Waals surface area (Å²) in [6.07, 6.45) is 7.28. The number of hydrogen-bond donors (Lipinski definition) is 1. The summed E-state index contributed by atoms with van der Waals surface area (Å²) in [5, 5.41) is 15.9. The maximum absolute atomic E-state index is 12.1. The normalized spacial score (nSPS) is 14.6. The molecular formula is C30H26N3OP. The van der Waals surface area contributed by atoms with Crippen LogP contribution in [0.25, 0.3) is 21.9 Å². The van der Waals surface area contributed by atoms with Crippen LogP contribution in [-0.2, 0) is 13.6 Å². The number of nitrogens with zero attached hydrogens (tertiary/aromatic N) is 2. The Bertz CT molecular complexity index is 1550. The summed E-state index contributed by atoms with van der Waals surface area (Å²) in [7, 11) is 2.50. The third kappa shape index (κ3) is 4.88. The fourth-order valence-corrected chi connectivity index (χ4v) is 5.41. The molecule has 2 unspecified atom stereocenters. The van der Waals surface area contributed by atoms with Gasteiger partial charge in [0.05, 0.1) is 17.7 Å². The topological polar surface area (TPSA) is 57.8 Å². The summed E-state index contributed by atoms with van der Waals surface area (Å²) >= 11 is 0. The Labute approximate surface area is 207 Å². The third-order valence-corrected chi connectivity index (χ3v) is 7.41. The Hall–Kier alpha value is -3.77. The lowest BCUT2D eigenvalue weighted by molar-refractivity contribution is 0.603. The number of allylic oxidation sites excluding steroid dienone is 1. The van der Waals surface area contributed by atoms with Gasteiger partial charge in [-0.3, -0.25) is 4.79 Å². The number of nitrogens with one attached hydrogen (secondary N) is 1. The number of fused-ring (bicyclic) bond motifs is 1. The number of aryl methyl sites for hydroxylation is 1. The minimum atomic E-state index is -0.0513. The van der Waals surface area contributed by atoms with Gasteiger partial charge in [0.25, 0.3) is 5.56 Å². The van der Waals surface area contributed by atoms with E-state index in [0.29, 0.717) is 12.1 Å². The lowest BCUT2D eigenvalue weighted by atomic mass is 9.90. The highest BCUT2D eigenvalue weighted by atomic mass is 31.1. The Morgan fingerprint density at radius 3 is 2.71 bits per heavy atom. The van der Waals surface area contributed by atoms with Crippen LogP contribution in [0.5, 0.6) is 0 Å². The van der Waals surface area contributed by atoms with Crippen molar-refractivity contribution >= 4 is 19.4 Å². The fraction of sp³-hybridized carbons (Fsp3) is 0.133. The monoisotopic (exact) mass is 475 g/mol. The first-order valence-corrected chi connectivity index (χ1v) is 12.9. The van der Waals surface area contributed by atoms with Gasteiger partial charge in [-0.2, -0.15) is 5.26 Å². The van der Waals surface area contributed by atoms with Gasteiger partial charge in [-0.25, -0.2) is 0 Å². The van der Waals surface area contributed by atoms with E-state index in [1.807, 2.05) is 36.4 Å². The standard InChI is InChI=1S/C30H26N3OP/c1-33-14-13-21(16-29(33)34)19-32-30(25-8-5-15-35-20-25)23-11-12-24(18-31)28(17-23)27-10-4-7-22-6-2-3-9-26(22)27/h2-14,16-17,20,30,32,35H,15,19H2,1H3. The molecule has 0 radical (unpaired) electrons. The van der Waals surface area contributed by atoms with E-state index in [1.165, 1.54) is 5.57 Å². The van der Waals surface area contributed by atoms with E-state index in [4.69, 9.17) is 0 Å². The number of hydrogen-bond acceptors (Lipinski definition) is 3. The number of rotatable bonds is 6. The van der Waals surface area contributed by atoms with Crippen molar-refractivity contribution < 1.29 is 0 Å². The largest absolute Gasteiger partial charge is 0.319 e. The molecule has 1 aliphatic rings. The van der Waals surface area contributed by atoms with Crippen molar-refractivity contribution in [2.45, 2.75) is 12.6 Å². The highest BCUT2D eigenvalue weighted by molar-refractivity contribution is 7.42.